The number of fused-ring (bicyclic) bond motifs is 2. The molecule has 132 valence electrons. The number of hydrogen-bond donors (Lipinski definition) is 0. The van der Waals surface area contributed by atoms with E-state index in [0.717, 1.165) is 44.2 Å². The van der Waals surface area contributed by atoms with Gasteiger partial charge in [-0.25, -0.2) is 8.42 Å². The monoisotopic (exact) mass is 370 g/mol. The first-order valence-corrected chi connectivity index (χ1v) is 10.8. The SMILES string of the molecule is O=S1(=O)Cc2c(c(-c3ccccc3)c3ccccc3c2-c2ccccc2)C1. The van der Waals surface area contributed by atoms with Gasteiger partial charge in [-0.1, -0.05) is 84.9 Å². The van der Waals surface area contributed by atoms with E-state index in [4.69, 9.17) is 0 Å². The molecule has 5 rings (SSSR count). The van der Waals surface area contributed by atoms with Gasteiger partial charge in [-0.05, 0) is 44.2 Å². The van der Waals surface area contributed by atoms with Crippen LogP contribution in [0, 0.1) is 0 Å². The standard InChI is InChI=1S/C24H18O2S/c25-27(26)15-21-22(16-27)24(18-11-5-2-6-12-18)20-14-8-7-13-19(20)23(21)17-9-3-1-4-10-17/h1-14H,15-16H2. The normalized spacial score (nSPS) is 15.0. The lowest BCUT2D eigenvalue weighted by atomic mass is 9.85. The van der Waals surface area contributed by atoms with Crippen molar-refractivity contribution in [1.29, 1.82) is 0 Å². The Morgan fingerprint density at radius 1 is 0.519 bits per heavy atom. The van der Waals surface area contributed by atoms with Crippen LogP contribution in [0.25, 0.3) is 33.0 Å². The van der Waals surface area contributed by atoms with Gasteiger partial charge in [-0.15, -0.1) is 0 Å². The minimum atomic E-state index is -3.14. The fraction of sp³-hybridized carbons (Fsp3) is 0.0833. The molecular formula is C24H18O2S. The van der Waals surface area contributed by atoms with Crippen LogP contribution in [-0.4, -0.2) is 8.42 Å². The zero-order chi connectivity index (χ0) is 18.4. The van der Waals surface area contributed by atoms with Crippen LogP contribution in [0.2, 0.25) is 0 Å². The molecule has 0 radical (unpaired) electrons. The predicted octanol–water partition coefficient (Wildman–Crippen LogP) is 5.60. The summed E-state index contributed by atoms with van der Waals surface area (Å²) in [4.78, 5) is 0. The highest BCUT2D eigenvalue weighted by atomic mass is 32.2. The third-order valence-electron chi connectivity index (χ3n) is 5.29. The Bertz CT molecular complexity index is 1160. The van der Waals surface area contributed by atoms with Crippen LogP contribution in [0.3, 0.4) is 0 Å². The smallest absolute Gasteiger partial charge is 0.158 e. The molecule has 2 nitrogen and oxygen atoms in total. The van der Waals surface area contributed by atoms with Crippen molar-refractivity contribution in [2.45, 2.75) is 11.5 Å². The van der Waals surface area contributed by atoms with Crippen LogP contribution >= 0.6 is 0 Å². The van der Waals surface area contributed by atoms with Gasteiger partial charge in [0.1, 0.15) is 0 Å². The van der Waals surface area contributed by atoms with E-state index in [2.05, 4.69) is 36.4 Å². The first-order valence-electron chi connectivity index (χ1n) is 9.02. The summed E-state index contributed by atoms with van der Waals surface area (Å²) in [6.45, 7) is 0. The Kier molecular flexibility index (Phi) is 3.66. The maximum Gasteiger partial charge on any atom is 0.158 e. The minimum Gasteiger partial charge on any atom is -0.228 e. The molecule has 0 saturated heterocycles. The molecule has 1 heterocycles. The average molecular weight is 370 g/mol. The number of rotatable bonds is 2. The van der Waals surface area contributed by atoms with Crippen molar-refractivity contribution in [1.82, 2.24) is 0 Å². The number of hydrogen-bond acceptors (Lipinski definition) is 2. The van der Waals surface area contributed by atoms with E-state index in [1.165, 1.54) is 0 Å². The molecule has 0 spiro atoms. The Labute approximate surface area is 159 Å². The van der Waals surface area contributed by atoms with Crippen molar-refractivity contribution in [3.63, 3.8) is 0 Å². The molecule has 0 amide bonds. The Morgan fingerprint density at radius 3 is 1.30 bits per heavy atom. The zero-order valence-corrected chi connectivity index (χ0v) is 15.5. The Morgan fingerprint density at radius 2 is 0.889 bits per heavy atom. The van der Waals surface area contributed by atoms with Gasteiger partial charge in [-0.3, -0.25) is 0 Å². The second-order valence-corrected chi connectivity index (χ2v) is 9.08. The summed E-state index contributed by atoms with van der Waals surface area (Å²) in [5, 5.41) is 2.22. The lowest BCUT2D eigenvalue weighted by molar-refractivity contribution is 0.598. The predicted molar refractivity (Wildman–Crippen MR) is 111 cm³/mol. The summed E-state index contributed by atoms with van der Waals surface area (Å²) in [6, 6.07) is 28.5. The van der Waals surface area contributed by atoms with Gasteiger partial charge in [0.15, 0.2) is 9.84 Å². The van der Waals surface area contributed by atoms with E-state index in [-0.39, 0.29) is 11.5 Å². The zero-order valence-electron chi connectivity index (χ0n) is 14.7. The maximum absolute atomic E-state index is 12.6. The van der Waals surface area contributed by atoms with Gasteiger partial charge in [-0.2, -0.15) is 0 Å². The molecule has 0 atom stereocenters. The molecule has 27 heavy (non-hydrogen) atoms. The van der Waals surface area contributed by atoms with Crippen LogP contribution in [0.1, 0.15) is 11.1 Å². The number of sulfone groups is 1. The van der Waals surface area contributed by atoms with E-state index < -0.39 is 9.84 Å². The third kappa shape index (κ3) is 2.66. The largest absolute Gasteiger partial charge is 0.228 e. The molecule has 0 N–H and O–H groups in total. The van der Waals surface area contributed by atoms with E-state index in [9.17, 15) is 8.42 Å². The van der Waals surface area contributed by atoms with E-state index >= 15 is 0 Å². The van der Waals surface area contributed by atoms with Crippen molar-refractivity contribution in [2.24, 2.45) is 0 Å². The van der Waals surface area contributed by atoms with Crippen molar-refractivity contribution < 1.29 is 8.42 Å². The molecule has 4 aromatic rings. The van der Waals surface area contributed by atoms with Crippen LogP contribution in [0.5, 0.6) is 0 Å². The molecule has 0 fully saturated rings. The van der Waals surface area contributed by atoms with Crippen molar-refractivity contribution in [3.8, 4) is 22.3 Å². The van der Waals surface area contributed by atoms with Gasteiger partial charge < -0.3 is 0 Å². The first-order chi connectivity index (χ1) is 13.1. The van der Waals surface area contributed by atoms with Crippen LogP contribution in [0.4, 0.5) is 0 Å². The quantitative estimate of drug-likeness (QED) is 0.460. The molecule has 0 saturated carbocycles. The summed E-state index contributed by atoms with van der Waals surface area (Å²) in [5.41, 5.74) is 6.17. The van der Waals surface area contributed by atoms with Crippen LogP contribution < -0.4 is 0 Å². The van der Waals surface area contributed by atoms with E-state index in [1.54, 1.807) is 0 Å². The maximum atomic E-state index is 12.6. The summed E-state index contributed by atoms with van der Waals surface area (Å²) < 4.78 is 25.3. The summed E-state index contributed by atoms with van der Waals surface area (Å²) in [6.07, 6.45) is 0. The van der Waals surface area contributed by atoms with Gasteiger partial charge in [0.05, 0.1) is 11.5 Å². The highest BCUT2D eigenvalue weighted by molar-refractivity contribution is 7.90. The van der Waals surface area contributed by atoms with Crippen LogP contribution in [-0.2, 0) is 21.3 Å². The van der Waals surface area contributed by atoms with Crippen molar-refractivity contribution >= 4 is 20.6 Å². The second kappa shape index (κ2) is 6.07. The van der Waals surface area contributed by atoms with E-state index in [0.29, 0.717) is 0 Å². The summed E-state index contributed by atoms with van der Waals surface area (Å²) in [7, 11) is -3.14. The number of benzene rings is 4. The topological polar surface area (TPSA) is 34.1 Å². The van der Waals surface area contributed by atoms with Gasteiger partial charge in [0.2, 0.25) is 0 Å². The molecule has 3 heteroatoms. The lowest BCUT2D eigenvalue weighted by Gasteiger charge is -2.18. The highest BCUT2D eigenvalue weighted by Crippen LogP contribution is 2.46. The van der Waals surface area contributed by atoms with Crippen LogP contribution in [0.15, 0.2) is 84.9 Å². The highest BCUT2D eigenvalue weighted by Gasteiger charge is 2.32. The molecular weight excluding hydrogens is 352 g/mol. The molecule has 1 aliphatic heterocycles. The average Bonchev–Trinajstić information content (AvgIpc) is 3.01. The first kappa shape index (κ1) is 16.3. The van der Waals surface area contributed by atoms with Gasteiger partial charge in [0, 0.05) is 0 Å². The fourth-order valence-corrected chi connectivity index (χ4v) is 5.84. The van der Waals surface area contributed by atoms with Crippen molar-refractivity contribution in [3.05, 3.63) is 96.1 Å². The lowest BCUT2D eigenvalue weighted by Crippen LogP contribution is -1.96. The molecule has 0 aliphatic carbocycles. The molecule has 1 aliphatic rings. The van der Waals surface area contributed by atoms with Gasteiger partial charge in [0.25, 0.3) is 0 Å². The molecule has 0 bridgehead atoms. The van der Waals surface area contributed by atoms with Gasteiger partial charge >= 0.3 is 0 Å². The summed E-state index contributed by atoms with van der Waals surface area (Å²) >= 11 is 0. The Hall–Kier alpha value is -2.91. The fourth-order valence-electron chi connectivity index (χ4n) is 4.22. The van der Waals surface area contributed by atoms with E-state index in [1.807, 2.05) is 48.5 Å². The second-order valence-electron chi connectivity index (χ2n) is 7.02. The minimum absolute atomic E-state index is 0.108. The Balaban J connectivity index is 1.97. The third-order valence-corrected chi connectivity index (χ3v) is 6.74. The molecule has 4 aromatic carbocycles. The molecule has 0 aromatic heterocycles. The molecule has 0 unspecified atom stereocenters. The summed E-state index contributed by atoms with van der Waals surface area (Å²) in [5.74, 6) is 0.217. The van der Waals surface area contributed by atoms with Crippen molar-refractivity contribution in [2.75, 3.05) is 0 Å².